The minimum atomic E-state index is -0.123. The largest absolute Gasteiger partial charge is 0.451 e. The molecule has 0 spiro atoms. The monoisotopic (exact) mass is 301 g/mol. The van der Waals surface area contributed by atoms with E-state index in [1.807, 2.05) is 24.3 Å². The highest BCUT2D eigenvalue weighted by atomic mass is 16.5. The molecular formula is C18H23NO3. The van der Waals surface area contributed by atoms with Gasteiger partial charge in [0.15, 0.2) is 5.76 Å². The van der Waals surface area contributed by atoms with Crippen LogP contribution in [-0.2, 0) is 11.3 Å². The zero-order valence-corrected chi connectivity index (χ0v) is 13.2. The molecular weight excluding hydrogens is 278 g/mol. The summed E-state index contributed by atoms with van der Waals surface area (Å²) in [6.45, 7) is 2.58. The van der Waals surface area contributed by atoms with Gasteiger partial charge in [-0.2, -0.15) is 0 Å². The van der Waals surface area contributed by atoms with Crippen LogP contribution in [0.25, 0.3) is 11.0 Å². The summed E-state index contributed by atoms with van der Waals surface area (Å²) in [5.41, 5.74) is 1.57. The van der Waals surface area contributed by atoms with Crippen molar-refractivity contribution in [2.45, 2.75) is 45.3 Å². The number of hydrogen-bond acceptors (Lipinski definition) is 3. The van der Waals surface area contributed by atoms with Gasteiger partial charge in [0.2, 0.25) is 0 Å². The molecule has 4 nitrogen and oxygen atoms in total. The second-order valence-corrected chi connectivity index (χ2v) is 6.18. The van der Waals surface area contributed by atoms with Gasteiger partial charge in [-0.05, 0) is 24.8 Å². The van der Waals surface area contributed by atoms with Gasteiger partial charge < -0.3 is 14.5 Å². The van der Waals surface area contributed by atoms with Crippen molar-refractivity contribution in [2.24, 2.45) is 5.92 Å². The molecule has 1 aliphatic carbocycles. The van der Waals surface area contributed by atoms with E-state index >= 15 is 0 Å². The number of fused-ring (bicyclic) bond motifs is 1. The number of rotatable bonds is 4. The van der Waals surface area contributed by atoms with Gasteiger partial charge in [0.1, 0.15) is 5.58 Å². The van der Waals surface area contributed by atoms with E-state index in [1.165, 1.54) is 19.3 Å². The van der Waals surface area contributed by atoms with Crippen LogP contribution in [0.3, 0.4) is 0 Å². The highest BCUT2D eigenvalue weighted by molar-refractivity contribution is 5.99. The molecule has 1 saturated carbocycles. The molecule has 1 amide bonds. The summed E-state index contributed by atoms with van der Waals surface area (Å²) in [7, 11) is 1.63. The lowest BCUT2D eigenvalue weighted by atomic mass is 9.86. The van der Waals surface area contributed by atoms with Crippen LogP contribution in [0.4, 0.5) is 0 Å². The molecule has 1 aliphatic rings. The number of nitrogens with one attached hydrogen (secondary N) is 1. The molecule has 118 valence electrons. The summed E-state index contributed by atoms with van der Waals surface area (Å²) in [6.07, 6.45) is 4.66. The maximum Gasteiger partial charge on any atom is 0.287 e. The number of ether oxygens (including phenoxy) is 1. The highest BCUT2D eigenvalue weighted by Gasteiger charge is 2.26. The summed E-state index contributed by atoms with van der Waals surface area (Å²) in [5.74, 6) is 0.788. The Morgan fingerprint density at radius 2 is 2.09 bits per heavy atom. The average Bonchev–Trinajstić information content (AvgIpc) is 2.89. The number of hydrogen-bond donors (Lipinski definition) is 1. The Kier molecular flexibility index (Phi) is 4.48. The lowest BCUT2D eigenvalue weighted by Crippen LogP contribution is -2.41. The Morgan fingerprint density at radius 1 is 1.32 bits per heavy atom. The lowest BCUT2D eigenvalue weighted by Gasteiger charge is -2.29. The summed E-state index contributed by atoms with van der Waals surface area (Å²) in [5, 5.41) is 4.11. The highest BCUT2D eigenvalue weighted by Crippen LogP contribution is 2.28. The van der Waals surface area contributed by atoms with Gasteiger partial charge in [-0.3, -0.25) is 4.79 Å². The molecule has 4 heteroatoms. The standard InChI is InChI=1S/C18H23NO3/c1-12-7-3-5-9-15(12)19-18(20)17-14(11-21-2)13-8-4-6-10-16(13)22-17/h4,6,8,10,12,15H,3,5,7,9,11H2,1-2H3,(H,19,20). The first-order chi connectivity index (χ1) is 10.7. The second-order valence-electron chi connectivity index (χ2n) is 6.18. The Labute approximate surface area is 130 Å². The molecule has 1 heterocycles. The molecule has 2 atom stereocenters. The van der Waals surface area contributed by atoms with Crippen molar-refractivity contribution < 1.29 is 13.9 Å². The summed E-state index contributed by atoms with van der Waals surface area (Å²) in [6, 6.07) is 7.95. The summed E-state index contributed by atoms with van der Waals surface area (Å²) in [4.78, 5) is 12.7. The van der Waals surface area contributed by atoms with Crippen LogP contribution in [0.1, 0.15) is 48.7 Å². The van der Waals surface area contributed by atoms with Gasteiger partial charge in [0.05, 0.1) is 6.61 Å². The molecule has 3 rings (SSSR count). The van der Waals surface area contributed by atoms with E-state index in [9.17, 15) is 4.79 Å². The van der Waals surface area contributed by atoms with E-state index in [2.05, 4.69) is 12.2 Å². The lowest BCUT2D eigenvalue weighted by molar-refractivity contribution is 0.0877. The molecule has 0 radical (unpaired) electrons. The fourth-order valence-corrected chi connectivity index (χ4v) is 3.33. The average molecular weight is 301 g/mol. The Balaban J connectivity index is 1.88. The molecule has 1 aromatic heterocycles. The SMILES string of the molecule is COCc1c(C(=O)NC2CCCCC2C)oc2ccccc12. The number of amides is 1. The predicted molar refractivity (Wildman–Crippen MR) is 85.8 cm³/mol. The first kappa shape index (κ1) is 15.1. The van der Waals surface area contributed by atoms with Gasteiger partial charge in [0, 0.05) is 24.1 Å². The fourth-order valence-electron chi connectivity index (χ4n) is 3.33. The van der Waals surface area contributed by atoms with Crippen LogP contribution in [0, 0.1) is 5.92 Å². The number of benzene rings is 1. The molecule has 22 heavy (non-hydrogen) atoms. The van der Waals surface area contributed by atoms with Gasteiger partial charge in [0.25, 0.3) is 5.91 Å². The molecule has 2 unspecified atom stereocenters. The van der Waals surface area contributed by atoms with Crippen molar-refractivity contribution in [1.82, 2.24) is 5.32 Å². The van der Waals surface area contributed by atoms with E-state index in [1.54, 1.807) is 7.11 Å². The number of carbonyl (C=O) groups excluding carboxylic acids is 1. The van der Waals surface area contributed by atoms with Gasteiger partial charge in [-0.1, -0.05) is 38.0 Å². The molecule has 0 bridgehead atoms. The third-order valence-electron chi connectivity index (χ3n) is 4.62. The zero-order chi connectivity index (χ0) is 15.5. The van der Waals surface area contributed by atoms with E-state index in [0.717, 1.165) is 23.0 Å². The molecule has 1 fully saturated rings. The van der Waals surface area contributed by atoms with E-state index in [4.69, 9.17) is 9.15 Å². The summed E-state index contributed by atoms with van der Waals surface area (Å²) >= 11 is 0. The maximum atomic E-state index is 12.7. The van der Waals surface area contributed by atoms with Gasteiger partial charge >= 0.3 is 0 Å². The van der Waals surface area contributed by atoms with Crippen LogP contribution < -0.4 is 5.32 Å². The molecule has 0 saturated heterocycles. The number of para-hydroxylation sites is 1. The van der Waals surface area contributed by atoms with Crippen LogP contribution in [0.5, 0.6) is 0 Å². The van der Waals surface area contributed by atoms with Crippen molar-refractivity contribution >= 4 is 16.9 Å². The minimum absolute atomic E-state index is 0.123. The van der Waals surface area contributed by atoms with Crippen molar-refractivity contribution in [3.05, 3.63) is 35.6 Å². The van der Waals surface area contributed by atoms with Crippen LogP contribution in [0.2, 0.25) is 0 Å². The fraction of sp³-hybridized carbons (Fsp3) is 0.500. The third kappa shape index (κ3) is 2.88. The Bertz CT molecular complexity index is 661. The van der Waals surface area contributed by atoms with Crippen LogP contribution in [0.15, 0.2) is 28.7 Å². The first-order valence-corrected chi connectivity index (χ1v) is 8.01. The van der Waals surface area contributed by atoms with E-state index in [0.29, 0.717) is 18.3 Å². The molecule has 0 aliphatic heterocycles. The second kappa shape index (κ2) is 6.53. The smallest absolute Gasteiger partial charge is 0.287 e. The van der Waals surface area contributed by atoms with E-state index in [-0.39, 0.29) is 11.9 Å². The van der Waals surface area contributed by atoms with Crippen molar-refractivity contribution in [1.29, 1.82) is 0 Å². The van der Waals surface area contributed by atoms with Crippen LogP contribution >= 0.6 is 0 Å². The maximum absolute atomic E-state index is 12.7. The number of methoxy groups -OCH3 is 1. The van der Waals surface area contributed by atoms with Crippen molar-refractivity contribution in [3.8, 4) is 0 Å². The minimum Gasteiger partial charge on any atom is -0.451 e. The molecule has 2 aromatic rings. The number of carbonyl (C=O) groups is 1. The normalized spacial score (nSPS) is 21.9. The number of furan rings is 1. The van der Waals surface area contributed by atoms with Gasteiger partial charge in [-0.25, -0.2) is 0 Å². The molecule has 1 aromatic carbocycles. The first-order valence-electron chi connectivity index (χ1n) is 8.01. The summed E-state index contributed by atoms with van der Waals surface area (Å²) < 4.78 is 11.1. The topological polar surface area (TPSA) is 51.5 Å². The van der Waals surface area contributed by atoms with Crippen molar-refractivity contribution in [2.75, 3.05) is 7.11 Å². The van der Waals surface area contributed by atoms with Gasteiger partial charge in [-0.15, -0.1) is 0 Å². The predicted octanol–water partition coefficient (Wildman–Crippen LogP) is 3.89. The van der Waals surface area contributed by atoms with Crippen molar-refractivity contribution in [3.63, 3.8) is 0 Å². The quantitative estimate of drug-likeness (QED) is 0.932. The molecule has 1 N–H and O–H groups in total. The Hall–Kier alpha value is -1.81. The zero-order valence-electron chi connectivity index (χ0n) is 13.2. The third-order valence-corrected chi connectivity index (χ3v) is 4.62. The Morgan fingerprint density at radius 3 is 2.86 bits per heavy atom. The van der Waals surface area contributed by atoms with Crippen LogP contribution in [-0.4, -0.2) is 19.1 Å². The van der Waals surface area contributed by atoms with E-state index < -0.39 is 0 Å².